The van der Waals surface area contributed by atoms with E-state index < -0.39 is 33.4 Å². The molecule has 0 saturated heterocycles. The lowest BCUT2D eigenvalue weighted by molar-refractivity contribution is -0.137. The van der Waals surface area contributed by atoms with Crippen molar-refractivity contribution in [3.63, 3.8) is 0 Å². The summed E-state index contributed by atoms with van der Waals surface area (Å²) in [6.45, 7) is 1.67. The molecule has 148 valence electrons. The normalized spacial score (nSPS) is 12.4. The van der Waals surface area contributed by atoms with Crippen molar-refractivity contribution < 1.29 is 26.4 Å². The minimum Gasteiger partial charge on any atom is -0.304 e. The van der Waals surface area contributed by atoms with Gasteiger partial charge in [0.25, 0.3) is 15.9 Å². The van der Waals surface area contributed by atoms with E-state index in [1.54, 1.807) is 6.92 Å². The molecule has 1 N–H and O–H groups in total. The van der Waals surface area contributed by atoms with Crippen LogP contribution in [0, 0.1) is 6.92 Å². The van der Waals surface area contributed by atoms with Crippen LogP contribution in [0.25, 0.3) is 5.65 Å². The summed E-state index contributed by atoms with van der Waals surface area (Å²) in [7, 11) is -4.21. The highest BCUT2D eigenvalue weighted by Gasteiger charge is 2.32. The van der Waals surface area contributed by atoms with Crippen LogP contribution >= 0.6 is 27.5 Å². The summed E-state index contributed by atoms with van der Waals surface area (Å²) in [5.41, 5.74) is -0.919. The van der Waals surface area contributed by atoms with Gasteiger partial charge in [-0.05, 0) is 36.8 Å². The molecule has 1 amide bonds. The zero-order chi connectivity index (χ0) is 20.9. The van der Waals surface area contributed by atoms with Gasteiger partial charge in [-0.15, -0.1) is 0 Å². The summed E-state index contributed by atoms with van der Waals surface area (Å²) >= 11 is 9.05. The molecular weight excluding hydrogens is 487 g/mol. The molecule has 0 unspecified atom stereocenters. The third-order valence-electron chi connectivity index (χ3n) is 3.73. The molecular formula is C16H10BrClF3N3O3S. The van der Waals surface area contributed by atoms with Crippen molar-refractivity contribution in [3.8, 4) is 0 Å². The Morgan fingerprint density at radius 1 is 1.25 bits per heavy atom. The number of aryl methyl sites for hydroxylation is 1. The van der Waals surface area contributed by atoms with Gasteiger partial charge in [0, 0.05) is 16.9 Å². The molecule has 0 aliphatic carbocycles. The number of imidazole rings is 1. The van der Waals surface area contributed by atoms with E-state index in [0.29, 0.717) is 22.3 Å². The molecule has 0 radical (unpaired) electrons. The molecule has 6 nitrogen and oxygen atoms in total. The van der Waals surface area contributed by atoms with E-state index in [9.17, 15) is 26.4 Å². The van der Waals surface area contributed by atoms with Crippen molar-refractivity contribution in [1.82, 2.24) is 14.1 Å². The Kier molecular flexibility index (Phi) is 5.19. The van der Waals surface area contributed by atoms with Crippen LogP contribution in [0.4, 0.5) is 13.2 Å². The molecule has 0 aliphatic heterocycles. The molecule has 2 aromatic heterocycles. The van der Waals surface area contributed by atoms with Crippen molar-refractivity contribution in [2.24, 2.45) is 0 Å². The largest absolute Gasteiger partial charge is 0.417 e. The predicted molar refractivity (Wildman–Crippen MR) is 98.7 cm³/mol. The summed E-state index contributed by atoms with van der Waals surface area (Å²) in [6, 6.07) is 4.84. The van der Waals surface area contributed by atoms with Gasteiger partial charge < -0.3 is 4.40 Å². The maximum Gasteiger partial charge on any atom is 0.417 e. The van der Waals surface area contributed by atoms with Crippen LogP contribution in [0.5, 0.6) is 0 Å². The molecule has 28 heavy (non-hydrogen) atoms. The van der Waals surface area contributed by atoms with Gasteiger partial charge in [-0.3, -0.25) is 4.79 Å². The zero-order valence-corrected chi connectivity index (χ0v) is 17.0. The SMILES string of the molecule is Cc1cc(S(=O)(=O)NC(=O)c2cn3cc(C(F)(F)F)cc(Cl)c3n2)ccc1Br. The summed E-state index contributed by atoms with van der Waals surface area (Å²) < 4.78 is 66.9. The van der Waals surface area contributed by atoms with Gasteiger partial charge in [0.05, 0.1) is 15.5 Å². The number of halogens is 5. The summed E-state index contributed by atoms with van der Waals surface area (Å²) in [5, 5.41) is -0.333. The number of nitrogens with one attached hydrogen (secondary N) is 1. The molecule has 3 rings (SSSR count). The van der Waals surface area contributed by atoms with E-state index in [-0.39, 0.29) is 15.6 Å². The highest BCUT2D eigenvalue weighted by Crippen LogP contribution is 2.32. The topological polar surface area (TPSA) is 80.5 Å². The van der Waals surface area contributed by atoms with Crippen molar-refractivity contribution in [3.05, 3.63) is 63.0 Å². The highest BCUT2D eigenvalue weighted by molar-refractivity contribution is 9.10. The van der Waals surface area contributed by atoms with Crippen molar-refractivity contribution in [1.29, 1.82) is 0 Å². The predicted octanol–water partition coefficient (Wildman–Crippen LogP) is 4.20. The van der Waals surface area contributed by atoms with Gasteiger partial charge in [0.1, 0.15) is 5.69 Å². The number of rotatable bonds is 3. The minimum absolute atomic E-state index is 0.114. The smallest absolute Gasteiger partial charge is 0.304 e. The Hall–Kier alpha value is -2.11. The Bertz CT molecular complexity index is 1210. The number of hydrogen-bond acceptors (Lipinski definition) is 4. The first-order chi connectivity index (χ1) is 12.9. The molecule has 0 saturated carbocycles. The molecule has 12 heteroatoms. The third-order valence-corrected chi connectivity index (χ3v) is 6.23. The van der Waals surface area contributed by atoms with Crippen LogP contribution in [0.15, 0.2) is 46.0 Å². The van der Waals surface area contributed by atoms with E-state index in [1.807, 2.05) is 4.72 Å². The van der Waals surface area contributed by atoms with Crippen molar-refractivity contribution >= 4 is 49.1 Å². The number of aromatic nitrogens is 2. The van der Waals surface area contributed by atoms with E-state index in [4.69, 9.17) is 11.6 Å². The lowest BCUT2D eigenvalue weighted by atomic mass is 10.2. The van der Waals surface area contributed by atoms with E-state index in [2.05, 4.69) is 20.9 Å². The second kappa shape index (κ2) is 7.05. The monoisotopic (exact) mass is 495 g/mol. The van der Waals surface area contributed by atoms with E-state index in [0.717, 1.165) is 10.6 Å². The Morgan fingerprint density at radius 3 is 2.54 bits per heavy atom. The number of carbonyl (C=O) groups excluding carboxylic acids is 1. The number of amides is 1. The number of hydrogen-bond donors (Lipinski definition) is 1. The maximum atomic E-state index is 12.9. The number of fused-ring (bicyclic) bond motifs is 1. The van der Waals surface area contributed by atoms with E-state index in [1.165, 1.54) is 18.2 Å². The van der Waals surface area contributed by atoms with Crippen LogP contribution < -0.4 is 4.72 Å². The first kappa shape index (κ1) is 20.6. The molecule has 0 spiro atoms. The molecule has 2 heterocycles. The first-order valence-electron chi connectivity index (χ1n) is 7.47. The number of alkyl halides is 3. The van der Waals surface area contributed by atoms with Crippen molar-refractivity contribution in [2.45, 2.75) is 18.0 Å². The molecule has 0 aliphatic rings. The lowest BCUT2D eigenvalue weighted by Gasteiger charge is -2.07. The second-order valence-electron chi connectivity index (χ2n) is 5.78. The Labute approximate surface area is 170 Å². The summed E-state index contributed by atoms with van der Waals surface area (Å²) in [5.74, 6) is -1.10. The lowest BCUT2D eigenvalue weighted by Crippen LogP contribution is -2.30. The summed E-state index contributed by atoms with van der Waals surface area (Å²) in [4.78, 5) is 16.0. The number of pyridine rings is 1. The molecule has 1 aromatic carbocycles. The van der Waals surface area contributed by atoms with Crippen LogP contribution in [0.3, 0.4) is 0 Å². The number of sulfonamides is 1. The maximum absolute atomic E-state index is 12.9. The average Bonchev–Trinajstić information content (AvgIpc) is 3.01. The number of benzene rings is 1. The molecule has 0 bridgehead atoms. The summed E-state index contributed by atoms with van der Waals surface area (Å²) in [6.07, 6.45) is -2.97. The fraction of sp³-hybridized carbons (Fsp3) is 0.125. The van der Waals surface area contributed by atoms with Crippen LogP contribution in [-0.4, -0.2) is 23.7 Å². The van der Waals surface area contributed by atoms with Crippen LogP contribution in [0.2, 0.25) is 5.02 Å². The van der Waals surface area contributed by atoms with Gasteiger partial charge in [-0.1, -0.05) is 27.5 Å². The van der Waals surface area contributed by atoms with Gasteiger partial charge >= 0.3 is 6.18 Å². The van der Waals surface area contributed by atoms with Gasteiger partial charge in [0.15, 0.2) is 5.65 Å². The molecule has 3 aromatic rings. The van der Waals surface area contributed by atoms with Gasteiger partial charge in [-0.25, -0.2) is 18.1 Å². The van der Waals surface area contributed by atoms with Gasteiger partial charge in [0.2, 0.25) is 0 Å². The van der Waals surface area contributed by atoms with E-state index >= 15 is 0 Å². The molecule has 0 atom stereocenters. The van der Waals surface area contributed by atoms with Crippen LogP contribution in [0.1, 0.15) is 21.6 Å². The number of carbonyl (C=O) groups is 1. The fourth-order valence-electron chi connectivity index (χ4n) is 2.34. The van der Waals surface area contributed by atoms with Crippen LogP contribution in [-0.2, 0) is 16.2 Å². The van der Waals surface area contributed by atoms with Crippen molar-refractivity contribution in [2.75, 3.05) is 0 Å². The Morgan fingerprint density at radius 2 is 1.93 bits per heavy atom. The average molecular weight is 497 g/mol. The standard InChI is InChI=1S/C16H10BrClF3N3O3S/c1-8-4-10(2-3-11(8)17)28(26,27)23-15(25)13-7-24-6-9(16(19,20)21)5-12(18)14(24)22-13/h2-7H,1H3,(H,23,25). The molecule has 0 fully saturated rings. The highest BCUT2D eigenvalue weighted by atomic mass is 79.9. The second-order valence-corrected chi connectivity index (χ2v) is 8.72. The number of nitrogens with zero attached hydrogens (tertiary/aromatic N) is 2. The minimum atomic E-state index is -4.65. The fourth-order valence-corrected chi connectivity index (χ4v) is 3.89. The first-order valence-corrected chi connectivity index (χ1v) is 10.1. The Balaban J connectivity index is 1.95. The van der Waals surface area contributed by atoms with Gasteiger partial charge in [-0.2, -0.15) is 13.2 Å². The quantitative estimate of drug-likeness (QED) is 0.589. The zero-order valence-electron chi connectivity index (χ0n) is 13.9. The third kappa shape index (κ3) is 4.01.